The molecule has 53 heavy (non-hydrogen) atoms. The normalized spacial score (nSPS) is 19.3. The number of fused-ring (bicyclic) bond motifs is 2. The molecule has 0 bridgehead atoms. The SMILES string of the molecule is C=C/C(F)=C(\C=C)N/C(C)=C(C)/C(=C\C(=C)c1ccc2c(c1)N(C1CC(CCC)C1)C(=O)C21CCNCC1)N=CCC.CC.CC.CC(C)C.CCC. The van der Waals surface area contributed by atoms with E-state index in [0.717, 1.165) is 91.0 Å². The molecule has 1 amide bonds. The van der Waals surface area contributed by atoms with Crippen molar-refractivity contribution in [2.24, 2.45) is 16.8 Å². The zero-order valence-electron chi connectivity index (χ0n) is 36.1. The van der Waals surface area contributed by atoms with Gasteiger partial charge in [-0.15, -0.1) is 0 Å². The maximum absolute atomic E-state index is 14.2. The molecule has 5 nitrogen and oxygen atoms in total. The minimum Gasteiger partial charge on any atom is -0.356 e. The molecule has 2 N–H and O–H groups in total. The molecule has 1 saturated carbocycles. The maximum Gasteiger partial charge on any atom is 0.238 e. The third-order valence-electron chi connectivity index (χ3n) is 9.14. The summed E-state index contributed by atoms with van der Waals surface area (Å²) >= 11 is 0. The number of carbonyl (C=O) groups is 1. The van der Waals surface area contributed by atoms with Crippen LogP contribution in [0, 0.1) is 11.8 Å². The number of amides is 1. The number of aliphatic imine (C=N–C) groups is 1. The second-order valence-corrected chi connectivity index (χ2v) is 14.3. The number of allylic oxidation sites excluding steroid dienone is 7. The van der Waals surface area contributed by atoms with Gasteiger partial charge in [-0.3, -0.25) is 9.79 Å². The highest BCUT2D eigenvalue weighted by Crippen LogP contribution is 2.51. The summed E-state index contributed by atoms with van der Waals surface area (Å²) in [5, 5.41) is 6.55. The molecule has 4 rings (SSSR count). The molecular weight excluding hydrogens is 656 g/mol. The fourth-order valence-electron chi connectivity index (χ4n) is 6.53. The summed E-state index contributed by atoms with van der Waals surface area (Å²) < 4.78 is 14.2. The van der Waals surface area contributed by atoms with Crippen LogP contribution in [0.4, 0.5) is 10.1 Å². The lowest BCUT2D eigenvalue weighted by atomic mass is 9.73. The predicted octanol–water partition coefficient (Wildman–Crippen LogP) is 13.2. The molecule has 3 aliphatic rings. The molecule has 0 unspecified atom stereocenters. The first-order valence-corrected chi connectivity index (χ1v) is 20.6. The second-order valence-electron chi connectivity index (χ2n) is 14.3. The lowest BCUT2D eigenvalue weighted by Gasteiger charge is -2.43. The first kappa shape index (κ1) is 49.5. The Kier molecular flexibility index (Phi) is 24.6. The van der Waals surface area contributed by atoms with E-state index in [1.54, 1.807) is 0 Å². The quantitative estimate of drug-likeness (QED) is 0.166. The van der Waals surface area contributed by atoms with E-state index in [0.29, 0.717) is 5.92 Å². The summed E-state index contributed by atoms with van der Waals surface area (Å²) in [5.74, 6) is 1.35. The number of carbonyl (C=O) groups excluding carboxylic acids is 1. The van der Waals surface area contributed by atoms with Gasteiger partial charge < -0.3 is 15.5 Å². The van der Waals surface area contributed by atoms with E-state index < -0.39 is 11.2 Å². The van der Waals surface area contributed by atoms with Crippen LogP contribution < -0.4 is 15.5 Å². The molecule has 2 aliphatic heterocycles. The zero-order valence-corrected chi connectivity index (χ0v) is 36.1. The molecule has 298 valence electrons. The van der Waals surface area contributed by atoms with Crippen LogP contribution in [-0.2, 0) is 10.2 Å². The number of nitrogens with zero attached hydrogens (tertiary/aromatic N) is 2. The van der Waals surface area contributed by atoms with Crippen molar-refractivity contribution in [1.82, 2.24) is 10.6 Å². The molecule has 0 radical (unpaired) electrons. The topological polar surface area (TPSA) is 56.7 Å². The van der Waals surface area contributed by atoms with Gasteiger partial charge in [-0.05, 0) is 117 Å². The fourth-order valence-corrected chi connectivity index (χ4v) is 6.53. The number of hydrogen-bond acceptors (Lipinski definition) is 4. The number of piperidine rings is 1. The molecule has 0 aromatic heterocycles. The lowest BCUT2D eigenvalue weighted by molar-refractivity contribution is -0.125. The van der Waals surface area contributed by atoms with Crippen molar-refractivity contribution in [3.05, 3.63) is 95.8 Å². The van der Waals surface area contributed by atoms with E-state index in [1.807, 2.05) is 60.8 Å². The Bertz CT molecular complexity index is 1410. The monoisotopic (exact) mass is 733 g/mol. The van der Waals surface area contributed by atoms with Crippen molar-refractivity contribution in [1.29, 1.82) is 0 Å². The first-order valence-electron chi connectivity index (χ1n) is 20.6. The molecule has 1 aromatic carbocycles. The van der Waals surface area contributed by atoms with Crippen LogP contribution >= 0.6 is 0 Å². The van der Waals surface area contributed by atoms with Crippen LogP contribution in [0.25, 0.3) is 5.57 Å². The van der Waals surface area contributed by atoms with Gasteiger partial charge in [0.25, 0.3) is 0 Å². The smallest absolute Gasteiger partial charge is 0.238 e. The summed E-state index contributed by atoms with van der Waals surface area (Å²) in [4.78, 5) is 21.0. The predicted molar refractivity (Wildman–Crippen MR) is 234 cm³/mol. The second kappa shape index (κ2) is 26.3. The molecule has 1 saturated heterocycles. The van der Waals surface area contributed by atoms with Gasteiger partial charge in [0.05, 0.1) is 16.8 Å². The highest BCUT2D eigenvalue weighted by atomic mass is 19.1. The van der Waals surface area contributed by atoms with E-state index in [2.05, 4.69) is 95.0 Å². The van der Waals surface area contributed by atoms with Gasteiger partial charge >= 0.3 is 0 Å². The van der Waals surface area contributed by atoms with Gasteiger partial charge in [-0.25, -0.2) is 4.39 Å². The average molecular weight is 733 g/mol. The highest BCUT2D eigenvalue weighted by Gasteiger charge is 2.54. The van der Waals surface area contributed by atoms with Crippen molar-refractivity contribution >= 4 is 23.4 Å². The number of halogens is 1. The summed E-state index contributed by atoms with van der Waals surface area (Å²) in [6.07, 6.45) is 14.7. The van der Waals surface area contributed by atoms with Crippen LogP contribution in [0.2, 0.25) is 0 Å². The average Bonchev–Trinajstić information content (AvgIpc) is 3.36. The summed E-state index contributed by atoms with van der Waals surface area (Å²) in [7, 11) is 0. The summed E-state index contributed by atoms with van der Waals surface area (Å²) in [5.41, 5.74) is 6.17. The Hall–Kier alpha value is -3.51. The third kappa shape index (κ3) is 14.0. The van der Waals surface area contributed by atoms with Gasteiger partial charge in [-0.1, -0.05) is 127 Å². The van der Waals surface area contributed by atoms with Crippen molar-refractivity contribution in [3.63, 3.8) is 0 Å². The Morgan fingerprint density at radius 1 is 1.04 bits per heavy atom. The Balaban J connectivity index is 0.00000220. The van der Waals surface area contributed by atoms with E-state index in [9.17, 15) is 9.18 Å². The molecule has 1 aromatic rings. The van der Waals surface area contributed by atoms with Gasteiger partial charge in [0.2, 0.25) is 5.91 Å². The number of benzene rings is 1. The number of anilines is 1. The van der Waals surface area contributed by atoms with Crippen molar-refractivity contribution in [3.8, 4) is 0 Å². The van der Waals surface area contributed by atoms with Gasteiger partial charge in [0.1, 0.15) is 5.83 Å². The maximum atomic E-state index is 14.2. The van der Waals surface area contributed by atoms with Crippen molar-refractivity contribution < 1.29 is 9.18 Å². The van der Waals surface area contributed by atoms with Crippen LogP contribution in [0.5, 0.6) is 0 Å². The number of hydrogen-bond donors (Lipinski definition) is 2. The molecular formula is C47H77FN4O. The van der Waals surface area contributed by atoms with E-state index >= 15 is 0 Å². The van der Waals surface area contributed by atoms with Gasteiger partial charge in [0.15, 0.2) is 0 Å². The Labute approximate surface area is 325 Å². The summed E-state index contributed by atoms with van der Waals surface area (Å²) in [6, 6.07) is 6.70. The largest absolute Gasteiger partial charge is 0.356 e. The molecule has 0 atom stereocenters. The van der Waals surface area contributed by atoms with Crippen LogP contribution in [-0.4, -0.2) is 31.3 Å². The van der Waals surface area contributed by atoms with Gasteiger partial charge in [0, 0.05) is 23.6 Å². The number of nitrogens with one attached hydrogen (secondary N) is 2. The van der Waals surface area contributed by atoms with Crippen LogP contribution in [0.1, 0.15) is 153 Å². The van der Waals surface area contributed by atoms with E-state index in [-0.39, 0.29) is 17.6 Å². The Morgan fingerprint density at radius 2 is 1.60 bits per heavy atom. The third-order valence-corrected chi connectivity index (χ3v) is 9.14. The van der Waals surface area contributed by atoms with Crippen LogP contribution in [0.15, 0.2) is 89.6 Å². The van der Waals surface area contributed by atoms with Crippen molar-refractivity contribution in [2.75, 3.05) is 18.0 Å². The molecule has 2 fully saturated rings. The highest BCUT2D eigenvalue weighted by molar-refractivity contribution is 6.09. The van der Waals surface area contributed by atoms with E-state index in [4.69, 9.17) is 4.99 Å². The van der Waals surface area contributed by atoms with Crippen LogP contribution in [0.3, 0.4) is 0 Å². The summed E-state index contributed by atoms with van der Waals surface area (Å²) in [6.45, 7) is 40.2. The van der Waals surface area contributed by atoms with Gasteiger partial charge in [-0.2, -0.15) is 0 Å². The standard InChI is InChI=1S/C36H47FN4O.C4H10.C3H8.2C2H6/c1-8-12-27-21-29(22-27)41-34-23-28(13-14-30(34)36(35(41)42)15-18-38-19-16-36)24(5)20-33(39-17-9-2)25(6)26(7)40-32(11-4)31(37)10-3;1-4(2)3;1-3-2;2*1-2/h10-11,13-14,17,20,23,27,29,38,40H,3-5,8-9,12,15-16,18-19,21-22H2,1-2,6-7H3;4H,1-3H3;3H2,1-2H3;2*1-2H3/b26-25+,32-31-,33-20+,39-17?;;;;. The van der Waals surface area contributed by atoms with Crippen molar-refractivity contribution in [2.45, 2.75) is 153 Å². The Morgan fingerprint density at radius 3 is 2.09 bits per heavy atom. The molecule has 6 heteroatoms. The molecule has 1 aliphatic carbocycles. The minimum absolute atomic E-state index is 0.256. The molecule has 2 heterocycles. The minimum atomic E-state index is -0.472. The fraction of sp³-hybridized carbons (Fsp3) is 0.574. The zero-order chi connectivity index (χ0) is 40.7. The first-order chi connectivity index (χ1) is 25.3. The lowest BCUT2D eigenvalue weighted by Crippen LogP contribution is -2.53. The molecule has 1 spiro atoms. The van der Waals surface area contributed by atoms with E-state index in [1.165, 1.54) is 30.9 Å². The number of rotatable bonds is 12.